The van der Waals surface area contributed by atoms with Crippen LogP contribution in [0.5, 0.6) is 0 Å². The van der Waals surface area contributed by atoms with E-state index in [0.29, 0.717) is 23.6 Å². The molecule has 0 aliphatic heterocycles. The number of hydrogen-bond acceptors (Lipinski definition) is 4. The van der Waals surface area contributed by atoms with Crippen molar-refractivity contribution in [3.8, 4) is 0 Å². The highest BCUT2D eigenvalue weighted by Crippen LogP contribution is 2.28. The van der Waals surface area contributed by atoms with E-state index >= 15 is 0 Å². The quantitative estimate of drug-likeness (QED) is 0.647. The van der Waals surface area contributed by atoms with E-state index in [-0.39, 0.29) is 17.1 Å². The van der Waals surface area contributed by atoms with Gasteiger partial charge >= 0.3 is 5.97 Å². The van der Waals surface area contributed by atoms with Gasteiger partial charge in [0.15, 0.2) is 11.6 Å². The van der Waals surface area contributed by atoms with Gasteiger partial charge in [0, 0.05) is 6.42 Å². The van der Waals surface area contributed by atoms with Gasteiger partial charge in [0.1, 0.15) is 0 Å². The summed E-state index contributed by atoms with van der Waals surface area (Å²) in [6, 6.07) is 10.1. The van der Waals surface area contributed by atoms with Gasteiger partial charge in [-0.15, -0.1) is 11.3 Å². The van der Waals surface area contributed by atoms with E-state index < -0.39 is 11.6 Å². The summed E-state index contributed by atoms with van der Waals surface area (Å²) in [6.07, 6.45) is 0.707. The predicted octanol–water partition coefficient (Wildman–Crippen LogP) is 4.27. The van der Waals surface area contributed by atoms with Crippen molar-refractivity contribution >= 4 is 27.5 Å². The van der Waals surface area contributed by atoms with E-state index in [1.54, 1.807) is 6.92 Å². The second-order valence-electron chi connectivity index (χ2n) is 5.30. The number of thiazole rings is 1. The minimum Gasteiger partial charge on any atom is -0.466 e. The summed E-state index contributed by atoms with van der Waals surface area (Å²) in [5, 5.41) is 0.697. The molecule has 0 saturated carbocycles. The monoisotopic (exact) mass is 347 g/mol. The molecular formula is C18H15F2NO2S. The lowest BCUT2D eigenvalue weighted by Gasteiger charge is -2.04. The van der Waals surface area contributed by atoms with Crippen LogP contribution in [0.3, 0.4) is 0 Å². The first-order valence-electron chi connectivity index (χ1n) is 7.53. The van der Waals surface area contributed by atoms with Gasteiger partial charge in [0.2, 0.25) is 0 Å². The fourth-order valence-electron chi connectivity index (χ4n) is 2.46. The lowest BCUT2D eigenvalue weighted by atomic mass is 10.1. The van der Waals surface area contributed by atoms with Gasteiger partial charge in [-0.05, 0) is 30.2 Å². The number of halogens is 2. The molecule has 0 amide bonds. The first-order chi connectivity index (χ1) is 11.6. The molecule has 0 radical (unpaired) electrons. The van der Waals surface area contributed by atoms with Crippen LogP contribution < -0.4 is 0 Å². The molecule has 6 heteroatoms. The number of hydrogen-bond donors (Lipinski definition) is 0. The predicted molar refractivity (Wildman–Crippen MR) is 89.1 cm³/mol. The zero-order chi connectivity index (χ0) is 17.1. The normalized spacial score (nSPS) is 11.0. The first kappa shape index (κ1) is 16.5. The van der Waals surface area contributed by atoms with Crippen LogP contribution in [-0.2, 0) is 22.4 Å². The number of benzene rings is 2. The Morgan fingerprint density at radius 3 is 2.79 bits per heavy atom. The third-order valence-electron chi connectivity index (χ3n) is 3.49. The maximum atomic E-state index is 13.8. The molecule has 3 aromatic rings. The Balaban J connectivity index is 1.81. The van der Waals surface area contributed by atoms with E-state index in [0.717, 1.165) is 28.5 Å². The molecule has 3 rings (SSSR count). The molecule has 24 heavy (non-hydrogen) atoms. The van der Waals surface area contributed by atoms with Gasteiger partial charge in [-0.3, -0.25) is 4.79 Å². The fraction of sp³-hybridized carbons (Fsp3) is 0.222. The van der Waals surface area contributed by atoms with Crippen molar-refractivity contribution in [1.82, 2.24) is 4.98 Å². The average molecular weight is 347 g/mol. The maximum absolute atomic E-state index is 13.8. The zero-order valence-electron chi connectivity index (χ0n) is 13.0. The third kappa shape index (κ3) is 3.59. The van der Waals surface area contributed by atoms with Crippen molar-refractivity contribution in [2.45, 2.75) is 19.8 Å². The van der Waals surface area contributed by atoms with Crippen molar-refractivity contribution < 1.29 is 18.3 Å². The fourth-order valence-corrected chi connectivity index (χ4v) is 3.48. The number of carbonyl (C=O) groups excluding carboxylic acids is 1. The van der Waals surface area contributed by atoms with Crippen molar-refractivity contribution in [3.05, 3.63) is 64.2 Å². The molecule has 1 aromatic heterocycles. The van der Waals surface area contributed by atoms with Crippen molar-refractivity contribution in [2.24, 2.45) is 0 Å². The van der Waals surface area contributed by atoms with E-state index in [1.165, 1.54) is 6.07 Å². The molecule has 0 bridgehead atoms. The summed E-state index contributed by atoms with van der Waals surface area (Å²) in [5.41, 5.74) is 2.26. The van der Waals surface area contributed by atoms with Gasteiger partial charge in [-0.25, -0.2) is 13.8 Å². The summed E-state index contributed by atoms with van der Waals surface area (Å²) in [4.78, 5) is 15.9. The number of esters is 1. The Kier molecular flexibility index (Phi) is 4.85. The van der Waals surface area contributed by atoms with Gasteiger partial charge in [0.25, 0.3) is 0 Å². The maximum Gasteiger partial charge on any atom is 0.310 e. The van der Waals surface area contributed by atoms with Gasteiger partial charge in [-0.2, -0.15) is 0 Å². The summed E-state index contributed by atoms with van der Waals surface area (Å²) in [7, 11) is 0. The molecule has 0 N–H and O–H groups in total. The van der Waals surface area contributed by atoms with Crippen LogP contribution in [0.1, 0.15) is 23.1 Å². The van der Waals surface area contributed by atoms with Crippen molar-refractivity contribution in [3.63, 3.8) is 0 Å². The molecule has 124 valence electrons. The molecular weight excluding hydrogens is 332 g/mol. The molecule has 2 aromatic carbocycles. The SMILES string of the molecule is CCOC(=O)Cc1cccc(Cc2nc3ccc(F)c(F)c3s2)c1. The minimum atomic E-state index is -0.867. The Hall–Kier alpha value is -2.34. The van der Waals surface area contributed by atoms with Crippen LogP contribution in [0, 0.1) is 11.6 Å². The van der Waals surface area contributed by atoms with E-state index in [1.807, 2.05) is 24.3 Å². The molecule has 0 fully saturated rings. The zero-order valence-corrected chi connectivity index (χ0v) is 13.8. The molecule has 0 aliphatic carbocycles. The summed E-state index contributed by atoms with van der Waals surface area (Å²) in [6.45, 7) is 2.12. The Bertz CT molecular complexity index is 892. The third-order valence-corrected chi connectivity index (χ3v) is 4.56. The first-order valence-corrected chi connectivity index (χ1v) is 8.35. The largest absolute Gasteiger partial charge is 0.466 e. The smallest absolute Gasteiger partial charge is 0.310 e. The second-order valence-corrected chi connectivity index (χ2v) is 6.38. The number of rotatable bonds is 5. The van der Waals surface area contributed by atoms with E-state index in [4.69, 9.17) is 4.74 Å². The highest BCUT2D eigenvalue weighted by atomic mass is 32.1. The second kappa shape index (κ2) is 7.05. The van der Waals surface area contributed by atoms with Crippen LogP contribution in [0.2, 0.25) is 0 Å². The van der Waals surface area contributed by atoms with Crippen LogP contribution in [-0.4, -0.2) is 17.6 Å². The minimum absolute atomic E-state index is 0.210. The molecule has 1 heterocycles. The van der Waals surface area contributed by atoms with Crippen molar-refractivity contribution in [1.29, 1.82) is 0 Å². The molecule has 0 saturated heterocycles. The van der Waals surface area contributed by atoms with Gasteiger partial charge < -0.3 is 4.74 Å². The molecule has 3 nitrogen and oxygen atoms in total. The molecule has 0 spiro atoms. The Morgan fingerprint density at radius 1 is 1.21 bits per heavy atom. The average Bonchev–Trinajstić information content (AvgIpc) is 2.95. The Labute approximate surface area is 141 Å². The van der Waals surface area contributed by atoms with E-state index in [2.05, 4.69) is 4.98 Å². The van der Waals surface area contributed by atoms with Crippen LogP contribution in [0.4, 0.5) is 8.78 Å². The van der Waals surface area contributed by atoms with Crippen LogP contribution in [0.15, 0.2) is 36.4 Å². The van der Waals surface area contributed by atoms with Crippen LogP contribution >= 0.6 is 11.3 Å². The Morgan fingerprint density at radius 2 is 2.00 bits per heavy atom. The number of fused-ring (bicyclic) bond motifs is 1. The molecule has 0 unspecified atom stereocenters. The summed E-state index contributed by atoms with van der Waals surface area (Å²) < 4.78 is 32.2. The number of carbonyl (C=O) groups is 1. The summed E-state index contributed by atoms with van der Waals surface area (Å²) >= 11 is 1.14. The molecule has 0 atom stereocenters. The van der Waals surface area contributed by atoms with Gasteiger partial charge in [-0.1, -0.05) is 24.3 Å². The van der Waals surface area contributed by atoms with Crippen molar-refractivity contribution in [2.75, 3.05) is 6.61 Å². The molecule has 0 aliphatic rings. The topological polar surface area (TPSA) is 39.2 Å². The highest BCUT2D eigenvalue weighted by Gasteiger charge is 2.13. The highest BCUT2D eigenvalue weighted by molar-refractivity contribution is 7.18. The van der Waals surface area contributed by atoms with Gasteiger partial charge in [0.05, 0.1) is 28.3 Å². The standard InChI is InChI=1S/C18H15F2NO2S/c1-2-23-16(22)10-12-5-3-4-11(8-12)9-15-21-14-7-6-13(19)17(20)18(14)24-15/h3-8H,2,9-10H2,1H3. The van der Waals surface area contributed by atoms with E-state index in [9.17, 15) is 13.6 Å². The lowest BCUT2D eigenvalue weighted by molar-refractivity contribution is -0.142. The number of nitrogens with zero attached hydrogens (tertiary/aromatic N) is 1. The summed E-state index contributed by atoms with van der Waals surface area (Å²) in [5.74, 6) is -1.99. The van der Waals surface area contributed by atoms with Crippen LogP contribution in [0.25, 0.3) is 10.2 Å². The lowest BCUT2D eigenvalue weighted by Crippen LogP contribution is -2.07. The number of aromatic nitrogens is 1. The number of ether oxygens (including phenoxy) is 1.